The van der Waals surface area contributed by atoms with E-state index < -0.39 is 0 Å². The van der Waals surface area contributed by atoms with Crippen molar-refractivity contribution in [2.75, 3.05) is 13.1 Å². The maximum atomic E-state index is 12.8. The molecular weight excluding hydrogens is 290 g/mol. The number of aromatic nitrogens is 3. The molecule has 1 amide bonds. The fourth-order valence-electron chi connectivity index (χ4n) is 4.14. The molecule has 0 radical (unpaired) electrons. The molecule has 2 aromatic rings. The second-order valence-corrected chi connectivity index (χ2v) is 6.71. The van der Waals surface area contributed by atoms with Gasteiger partial charge in [0, 0.05) is 63.8 Å². The number of carbonyl (C=O) groups is 1. The van der Waals surface area contributed by atoms with Gasteiger partial charge in [0.2, 0.25) is 0 Å². The average molecular weight is 313 g/mol. The van der Waals surface area contributed by atoms with E-state index in [2.05, 4.69) is 21.1 Å². The summed E-state index contributed by atoms with van der Waals surface area (Å²) in [6.45, 7) is 2.85. The molecule has 0 saturated carbocycles. The molecule has 23 heavy (non-hydrogen) atoms. The van der Waals surface area contributed by atoms with Gasteiger partial charge in [0.1, 0.15) is 5.69 Å². The fourth-order valence-corrected chi connectivity index (χ4v) is 4.14. The highest BCUT2D eigenvalue weighted by Gasteiger charge is 2.44. The lowest BCUT2D eigenvalue weighted by atomic mass is 10.1. The van der Waals surface area contributed by atoms with Gasteiger partial charge in [-0.25, -0.2) is 0 Å². The zero-order valence-corrected chi connectivity index (χ0v) is 13.7. The molecule has 6 nitrogen and oxygen atoms in total. The predicted octanol–water partition coefficient (Wildman–Crippen LogP) is 1.25. The molecule has 0 unspecified atom stereocenters. The number of hydrogen-bond donors (Lipinski definition) is 0. The molecule has 0 aromatic carbocycles. The van der Waals surface area contributed by atoms with E-state index in [9.17, 15) is 4.79 Å². The number of nitrogens with zero attached hydrogens (tertiary/aromatic N) is 5. The summed E-state index contributed by atoms with van der Waals surface area (Å²) in [6, 6.07) is 4.69. The van der Waals surface area contributed by atoms with E-state index in [1.807, 2.05) is 47.9 Å². The van der Waals surface area contributed by atoms with Gasteiger partial charge in [0.25, 0.3) is 5.91 Å². The maximum Gasteiger partial charge on any atom is 0.270 e. The molecule has 2 aliphatic heterocycles. The number of rotatable bonds is 3. The van der Waals surface area contributed by atoms with Crippen LogP contribution in [-0.2, 0) is 20.6 Å². The molecule has 2 aromatic heterocycles. The van der Waals surface area contributed by atoms with Gasteiger partial charge >= 0.3 is 0 Å². The minimum absolute atomic E-state index is 0.174. The predicted molar refractivity (Wildman–Crippen MR) is 86.9 cm³/mol. The van der Waals surface area contributed by atoms with Gasteiger partial charge in [-0.2, -0.15) is 5.10 Å². The van der Waals surface area contributed by atoms with Crippen molar-refractivity contribution < 1.29 is 4.79 Å². The standard InChI is InChI=1S/C17H23N5O/c1-19-7-3-4-16(19)17(23)22-9-6-14-15(22)5-8-21(14)12-13-10-18-20(2)11-13/h3-4,7,10-11,14-15H,5-6,8-9,12H2,1-2H3/t14-,15+/m1/s1. The maximum absolute atomic E-state index is 12.8. The van der Waals surface area contributed by atoms with Gasteiger partial charge in [0.15, 0.2) is 0 Å². The third-order valence-corrected chi connectivity index (χ3v) is 5.26. The van der Waals surface area contributed by atoms with Gasteiger partial charge in [0.05, 0.1) is 6.20 Å². The van der Waals surface area contributed by atoms with Crippen LogP contribution in [0.15, 0.2) is 30.7 Å². The minimum atomic E-state index is 0.174. The Morgan fingerprint density at radius 3 is 2.78 bits per heavy atom. The summed E-state index contributed by atoms with van der Waals surface area (Å²) in [5.41, 5.74) is 2.04. The van der Waals surface area contributed by atoms with Crippen molar-refractivity contribution in [2.24, 2.45) is 14.1 Å². The van der Waals surface area contributed by atoms with Crippen molar-refractivity contribution in [2.45, 2.75) is 31.5 Å². The highest BCUT2D eigenvalue weighted by molar-refractivity contribution is 5.93. The van der Waals surface area contributed by atoms with Crippen LogP contribution in [0.3, 0.4) is 0 Å². The molecule has 122 valence electrons. The normalized spacial score (nSPS) is 24.3. The van der Waals surface area contributed by atoms with Gasteiger partial charge in [-0.05, 0) is 25.0 Å². The molecule has 4 rings (SSSR count). The Balaban J connectivity index is 1.47. The Hall–Kier alpha value is -2.08. The molecule has 2 aliphatic rings. The second kappa shape index (κ2) is 5.53. The van der Waals surface area contributed by atoms with E-state index >= 15 is 0 Å². The van der Waals surface area contributed by atoms with Gasteiger partial charge < -0.3 is 9.47 Å². The van der Waals surface area contributed by atoms with Crippen LogP contribution in [0.4, 0.5) is 0 Å². The van der Waals surface area contributed by atoms with Crippen molar-refractivity contribution in [1.29, 1.82) is 0 Å². The third-order valence-electron chi connectivity index (χ3n) is 5.26. The lowest BCUT2D eigenvalue weighted by Crippen LogP contribution is -2.40. The molecule has 2 saturated heterocycles. The summed E-state index contributed by atoms with van der Waals surface area (Å²) in [4.78, 5) is 17.4. The van der Waals surface area contributed by atoms with Crippen LogP contribution < -0.4 is 0 Å². The third kappa shape index (κ3) is 2.47. The number of likely N-dealkylation sites (tertiary alicyclic amines) is 2. The zero-order chi connectivity index (χ0) is 16.0. The monoisotopic (exact) mass is 313 g/mol. The molecule has 0 N–H and O–H groups in total. The van der Waals surface area contributed by atoms with Gasteiger partial charge in [-0.15, -0.1) is 0 Å². The average Bonchev–Trinajstić information content (AvgIpc) is 3.26. The molecule has 2 fully saturated rings. The quantitative estimate of drug-likeness (QED) is 0.857. The lowest BCUT2D eigenvalue weighted by Gasteiger charge is -2.25. The van der Waals surface area contributed by atoms with Crippen LogP contribution in [0, 0.1) is 0 Å². The molecular formula is C17H23N5O. The second-order valence-electron chi connectivity index (χ2n) is 6.71. The number of amides is 1. The highest BCUT2D eigenvalue weighted by atomic mass is 16.2. The van der Waals surface area contributed by atoms with Crippen molar-refractivity contribution in [1.82, 2.24) is 24.1 Å². The molecule has 6 heteroatoms. The summed E-state index contributed by atoms with van der Waals surface area (Å²) >= 11 is 0. The van der Waals surface area contributed by atoms with Crippen LogP contribution in [0.5, 0.6) is 0 Å². The van der Waals surface area contributed by atoms with Gasteiger partial charge in [-0.3, -0.25) is 14.4 Å². The smallest absolute Gasteiger partial charge is 0.270 e. The number of aryl methyl sites for hydroxylation is 2. The van der Waals surface area contributed by atoms with E-state index in [0.29, 0.717) is 12.1 Å². The van der Waals surface area contributed by atoms with Crippen molar-refractivity contribution in [3.8, 4) is 0 Å². The summed E-state index contributed by atoms with van der Waals surface area (Å²) in [5, 5.41) is 4.25. The Morgan fingerprint density at radius 1 is 1.26 bits per heavy atom. The van der Waals surface area contributed by atoms with Crippen molar-refractivity contribution >= 4 is 5.91 Å². The van der Waals surface area contributed by atoms with Crippen LogP contribution >= 0.6 is 0 Å². The topological polar surface area (TPSA) is 46.3 Å². The largest absolute Gasteiger partial charge is 0.347 e. The Bertz CT molecular complexity index is 718. The van der Waals surface area contributed by atoms with Crippen molar-refractivity contribution in [3.63, 3.8) is 0 Å². The lowest BCUT2D eigenvalue weighted by molar-refractivity contribution is 0.0722. The van der Waals surface area contributed by atoms with Crippen LogP contribution in [0.1, 0.15) is 28.9 Å². The van der Waals surface area contributed by atoms with E-state index in [1.165, 1.54) is 5.56 Å². The molecule has 0 spiro atoms. The van der Waals surface area contributed by atoms with Gasteiger partial charge in [-0.1, -0.05) is 0 Å². The molecule has 4 heterocycles. The SMILES string of the molecule is Cn1cc(CN2CC[C@H]3[C@H]2CCN3C(=O)c2cccn2C)cn1. The summed E-state index contributed by atoms with van der Waals surface area (Å²) in [5.74, 6) is 0.174. The minimum Gasteiger partial charge on any atom is -0.347 e. The van der Waals surface area contributed by atoms with E-state index in [1.54, 1.807) is 0 Å². The number of carbonyl (C=O) groups excluding carboxylic acids is 1. The molecule has 0 bridgehead atoms. The number of fused-ring (bicyclic) bond motifs is 1. The molecule has 2 atom stereocenters. The first-order valence-corrected chi connectivity index (χ1v) is 8.27. The van der Waals surface area contributed by atoms with E-state index in [0.717, 1.165) is 38.2 Å². The van der Waals surface area contributed by atoms with Crippen LogP contribution in [-0.4, -0.2) is 55.2 Å². The summed E-state index contributed by atoms with van der Waals surface area (Å²) in [7, 11) is 3.89. The molecule has 0 aliphatic carbocycles. The summed E-state index contributed by atoms with van der Waals surface area (Å²) in [6.07, 6.45) is 8.09. The Morgan fingerprint density at radius 2 is 2.09 bits per heavy atom. The first kappa shape index (κ1) is 14.5. The first-order valence-electron chi connectivity index (χ1n) is 8.27. The highest BCUT2D eigenvalue weighted by Crippen LogP contribution is 2.33. The summed E-state index contributed by atoms with van der Waals surface area (Å²) < 4.78 is 3.76. The van der Waals surface area contributed by atoms with Crippen LogP contribution in [0.2, 0.25) is 0 Å². The van der Waals surface area contributed by atoms with Crippen LogP contribution in [0.25, 0.3) is 0 Å². The fraction of sp³-hybridized carbons (Fsp3) is 0.529. The first-order chi connectivity index (χ1) is 11.1. The van der Waals surface area contributed by atoms with E-state index in [-0.39, 0.29) is 5.91 Å². The number of hydrogen-bond acceptors (Lipinski definition) is 3. The Labute approximate surface area is 136 Å². The van der Waals surface area contributed by atoms with E-state index in [4.69, 9.17) is 0 Å². The Kier molecular flexibility index (Phi) is 3.49. The zero-order valence-electron chi connectivity index (χ0n) is 13.7. The van der Waals surface area contributed by atoms with Crippen molar-refractivity contribution in [3.05, 3.63) is 42.0 Å².